The third-order valence-corrected chi connectivity index (χ3v) is 6.06. The summed E-state index contributed by atoms with van der Waals surface area (Å²) in [6.45, 7) is 2.50. The Bertz CT molecular complexity index is 800. The van der Waals surface area contributed by atoms with Crippen molar-refractivity contribution in [1.82, 2.24) is 9.21 Å². The fraction of sp³-hybridized carbons (Fsp3) is 0.467. The summed E-state index contributed by atoms with van der Waals surface area (Å²) in [5, 5.41) is 2.60. The number of carbonyl (C=O) groups excluding carboxylic acids is 2. The molecule has 25 heavy (non-hydrogen) atoms. The monoisotopic (exact) mass is 368 g/mol. The molecule has 3 rings (SSSR count). The van der Waals surface area contributed by atoms with E-state index in [0.717, 1.165) is 0 Å². The summed E-state index contributed by atoms with van der Waals surface area (Å²) < 4.78 is 32.2. The van der Waals surface area contributed by atoms with Gasteiger partial charge in [-0.25, -0.2) is 8.42 Å². The third kappa shape index (κ3) is 3.46. The van der Waals surface area contributed by atoms with Gasteiger partial charge in [-0.3, -0.25) is 9.59 Å². The number of ether oxygens (including phenoxy) is 1. The van der Waals surface area contributed by atoms with Crippen molar-refractivity contribution in [2.45, 2.75) is 17.9 Å². The van der Waals surface area contributed by atoms with E-state index in [9.17, 15) is 18.0 Å². The van der Waals surface area contributed by atoms with Crippen molar-refractivity contribution in [2.24, 2.45) is 5.73 Å². The maximum absolute atomic E-state index is 12.8. The van der Waals surface area contributed by atoms with Gasteiger partial charge in [-0.15, -0.1) is 0 Å². The average Bonchev–Trinajstić information content (AvgIpc) is 2.60. The highest BCUT2D eigenvalue weighted by Crippen LogP contribution is 2.31. The van der Waals surface area contributed by atoms with Crippen LogP contribution < -0.4 is 15.8 Å². The Balaban J connectivity index is 1.76. The number of nitrogens with two attached hydrogens (primary N) is 1. The molecule has 2 aliphatic heterocycles. The molecule has 3 N–H and O–H groups in total. The second-order valence-electron chi connectivity index (χ2n) is 6.01. The number of rotatable bonds is 3. The molecule has 0 unspecified atom stereocenters. The molecule has 10 heteroatoms. The molecule has 1 aromatic rings. The van der Waals surface area contributed by atoms with Crippen LogP contribution in [0.2, 0.25) is 0 Å². The van der Waals surface area contributed by atoms with Crippen molar-refractivity contribution in [3.8, 4) is 5.75 Å². The normalized spacial score (nSPS) is 19.6. The molecule has 0 saturated carbocycles. The average molecular weight is 368 g/mol. The number of carbonyl (C=O) groups is 2. The summed E-state index contributed by atoms with van der Waals surface area (Å²) >= 11 is 0. The molecule has 1 fully saturated rings. The van der Waals surface area contributed by atoms with Crippen LogP contribution in [0.3, 0.4) is 0 Å². The number of fused-ring (bicyclic) bond motifs is 1. The number of nitrogens with zero attached hydrogens (tertiary/aromatic N) is 2. The standard InChI is InChI=1S/C15H20N4O5S/c1-10(16)15(21)18-4-6-19(7-5-18)25(22,23)11-2-3-13-12(8-11)17-14(20)9-24-13/h2-3,8,10H,4-7,9,16H2,1H3,(H,17,20)/t10-/m0/s1. The van der Waals surface area contributed by atoms with Crippen molar-refractivity contribution in [3.63, 3.8) is 0 Å². The lowest BCUT2D eigenvalue weighted by atomic mass is 10.2. The van der Waals surface area contributed by atoms with Gasteiger partial charge in [0.15, 0.2) is 6.61 Å². The molecule has 0 radical (unpaired) electrons. The number of benzene rings is 1. The Labute approximate surface area is 145 Å². The highest BCUT2D eigenvalue weighted by atomic mass is 32.2. The predicted molar refractivity (Wildman–Crippen MR) is 89.6 cm³/mol. The number of piperazine rings is 1. The van der Waals surface area contributed by atoms with Gasteiger partial charge < -0.3 is 20.7 Å². The zero-order chi connectivity index (χ0) is 18.2. The lowest BCUT2D eigenvalue weighted by Gasteiger charge is -2.34. The molecular formula is C15H20N4O5S. The second kappa shape index (κ2) is 6.62. The Morgan fingerprint density at radius 2 is 1.96 bits per heavy atom. The molecule has 0 aromatic heterocycles. The van der Waals surface area contributed by atoms with Crippen molar-refractivity contribution in [3.05, 3.63) is 18.2 Å². The molecule has 1 saturated heterocycles. The van der Waals surface area contributed by atoms with E-state index >= 15 is 0 Å². The molecule has 0 bridgehead atoms. The summed E-state index contributed by atoms with van der Waals surface area (Å²) in [7, 11) is -3.73. The molecule has 2 heterocycles. The highest BCUT2D eigenvalue weighted by molar-refractivity contribution is 7.89. The minimum atomic E-state index is -3.73. The van der Waals surface area contributed by atoms with Crippen LogP contribution in [0.15, 0.2) is 23.1 Å². The molecule has 2 aliphatic rings. The molecule has 0 spiro atoms. The zero-order valence-electron chi connectivity index (χ0n) is 13.8. The van der Waals surface area contributed by atoms with Crippen LogP contribution in [0.25, 0.3) is 0 Å². The smallest absolute Gasteiger partial charge is 0.262 e. The van der Waals surface area contributed by atoms with E-state index in [-0.39, 0.29) is 36.4 Å². The Kier molecular flexibility index (Phi) is 4.67. The lowest BCUT2D eigenvalue weighted by molar-refractivity contribution is -0.133. The zero-order valence-corrected chi connectivity index (χ0v) is 14.6. The van der Waals surface area contributed by atoms with E-state index in [2.05, 4.69) is 5.32 Å². The first-order valence-corrected chi connectivity index (χ1v) is 9.34. The van der Waals surface area contributed by atoms with Gasteiger partial charge in [0, 0.05) is 26.2 Å². The van der Waals surface area contributed by atoms with Gasteiger partial charge in [-0.05, 0) is 25.1 Å². The fourth-order valence-electron chi connectivity index (χ4n) is 2.81. The van der Waals surface area contributed by atoms with Crippen molar-refractivity contribution >= 4 is 27.5 Å². The van der Waals surface area contributed by atoms with Crippen molar-refractivity contribution in [2.75, 3.05) is 38.1 Å². The summed E-state index contributed by atoms with van der Waals surface area (Å²) in [6.07, 6.45) is 0. The summed E-state index contributed by atoms with van der Waals surface area (Å²) in [4.78, 5) is 24.9. The molecule has 1 atom stereocenters. The van der Waals surface area contributed by atoms with Gasteiger partial charge in [0.2, 0.25) is 15.9 Å². The Morgan fingerprint density at radius 3 is 2.60 bits per heavy atom. The number of hydrogen-bond donors (Lipinski definition) is 2. The molecule has 136 valence electrons. The van der Waals surface area contributed by atoms with Crippen LogP contribution >= 0.6 is 0 Å². The van der Waals surface area contributed by atoms with Crippen LogP contribution in [-0.2, 0) is 19.6 Å². The van der Waals surface area contributed by atoms with Gasteiger partial charge in [0.25, 0.3) is 5.91 Å². The number of hydrogen-bond acceptors (Lipinski definition) is 6. The highest BCUT2D eigenvalue weighted by Gasteiger charge is 2.31. The van der Waals surface area contributed by atoms with Gasteiger partial charge in [0.05, 0.1) is 16.6 Å². The van der Waals surface area contributed by atoms with Crippen LogP contribution in [0.5, 0.6) is 5.75 Å². The SMILES string of the molecule is C[C@H](N)C(=O)N1CCN(S(=O)(=O)c2ccc3c(c2)NC(=O)CO3)CC1. The Hall–Kier alpha value is -2.17. The van der Waals surface area contributed by atoms with Crippen LogP contribution in [0, 0.1) is 0 Å². The second-order valence-corrected chi connectivity index (χ2v) is 7.95. The van der Waals surface area contributed by atoms with Crippen LogP contribution in [0.4, 0.5) is 5.69 Å². The molecule has 0 aliphatic carbocycles. The molecule has 2 amide bonds. The largest absolute Gasteiger partial charge is 0.482 e. The number of amides is 2. The predicted octanol–water partition coefficient (Wildman–Crippen LogP) is -0.802. The maximum Gasteiger partial charge on any atom is 0.262 e. The summed E-state index contributed by atoms with van der Waals surface area (Å²) in [5.41, 5.74) is 5.92. The van der Waals surface area contributed by atoms with Gasteiger partial charge >= 0.3 is 0 Å². The van der Waals surface area contributed by atoms with E-state index in [4.69, 9.17) is 10.5 Å². The van der Waals surface area contributed by atoms with E-state index in [1.165, 1.54) is 22.5 Å². The summed E-state index contributed by atoms with van der Waals surface area (Å²) in [5.74, 6) is -0.0818. The van der Waals surface area contributed by atoms with Crippen LogP contribution in [-0.4, -0.2) is 68.3 Å². The topological polar surface area (TPSA) is 122 Å². The number of sulfonamides is 1. The van der Waals surface area contributed by atoms with Crippen molar-refractivity contribution in [1.29, 1.82) is 0 Å². The van der Waals surface area contributed by atoms with E-state index < -0.39 is 16.1 Å². The van der Waals surface area contributed by atoms with Crippen LogP contribution in [0.1, 0.15) is 6.92 Å². The van der Waals surface area contributed by atoms with Gasteiger partial charge in [0.1, 0.15) is 5.75 Å². The first kappa shape index (κ1) is 17.6. The third-order valence-electron chi connectivity index (χ3n) is 4.16. The minimum Gasteiger partial charge on any atom is -0.482 e. The van der Waals surface area contributed by atoms with E-state index in [1.54, 1.807) is 11.8 Å². The minimum absolute atomic E-state index is 0.0732. The lowest BCUT2D eigenvalue weighted by Crippen LogP contribution is -2.53. The molecule has 9 nitrogen and oxygen atoms in total. The number of anilines is 1. The maximum atomic E-state index is 12.8. The van der Waals surface area contributed by atoms with Gasteiger partial charge in [-0.1, -0.05) is 0 Å². The van der Waals surface area contributed by atoms with E-state index in [0.29, 0.717) is 24.5 Å². The van der Waals surface area contributed by atoms with Gasteiger partial charge in [-0.2, -0.15) is 4.31 Å². The first-order chi connectivity index (χ1) is 11.8. The molecular weight excluding hydrogens is 348 g/mol. The summed E-state index contributed by atoms with van der Waals surface area (Å²) in [6, 6.07) is 3.76. The number of nitrogens with one attached hydrogen (secondary N) is 1. The quantitative estimate of drug-likeness (QED) is 0.720. The first-order valence-electron chi connectivity index (χ1n) is 7.90. The molecule has 1 aromatic carbocycles. The fourth-order valence-corrected chi connectivity index (χ4v) is 4.26. The van der Waals surface area contributed by atoms with E-state index in [1.807, 2.05) is 0 Å². The van der Waals surface area contributed by atoms with Crippen molar-refractivity contribution < 1.29 is 22.7 Å². The Morgan fingerprint density at radius 1 is 1.28 bits per heavy atom.